The first-order chi connectivity index (χ1) is 14.4. The zero-order valence-electron chi connectivity index (χ0n) is 18.1. The third kappa shape index (κ3) is 3.49. The minimum atomic E-state index is -0.535. The zero-order valence-corrected chi connectivity index (χ0v) is 18.1. The highest BCUT2D eigenvalue weighted by Crippen LogP contribution is 2.41. The molecule has 1 aromatic heterocycles. The summed E-state index contributed by atoms with van der Waals surface area (Å²) < 4.78 is 7.64. The Morgan fingerprint density at radius 3 is 2.60 bits per heavy atom. The highest BCUT2D eigenvalue weighted by molar-refractivity contribution is 6.00. The van der Waals surface area contributed by atoms with Gasteiger partial charge in [-0.05, 0) is 24.1 Å². The van der Waals surface area contributed by atoms with Crippen molar-refractivity contribution in [2.24, 2.45) is 4.99 Å². The fourth-order valence-electron chi connectivity index (χ4n) is 4.47. The lowest BCUT2D eigenvalue weighted by Crippen LogP contribution is -2.34. The Balaban J connectivity index is 1.96. The Kier molecular flexibility index (Phi) is 5.37. The third-order valence-electron chi connectivity index (χ3n) is 5.73. The SMILES string of the molecule is CCOC(=O)C1C=NCC(C)(C)c2c1n(N(C)Cc1ccccc1)c1ccccc21. The number of ether oxygens (including phenoxy) is 1. The summed E-state index contributed by atoms with van der Waals surface area (Å²) in [5.41, 5.74) is 4.23. The quantitative estimate of drug-likeness (QED) is 0.593. The average Bonchev–Trinajstić information content (AvgIpc) is 3.00. The number of carbonyl (C=O) groups excluding carboxylic acids is 1. The van der Waals surface area contributed by atoms with Crippen LogP contribution in [0.1, 0.15) is 43.5 Å². The molecule has 5 heteroatoms. The van der Waals surface area contributed by atoms with Crippen molar-refractivity contribution < 1.29 is 9.53 Å². The summed E-state index contributed by atoms with van der Waals surface area (Å²) in [5.74, 6) is -0.787. The number of carbonyl (C=O) groups is 1. The summed E-state index contributed by atoms with van der Waals surface area (Å²) >= 11 is 0. The molecule has 0 radical (unpaired) electrons. The number of rotatable bonds is 5. The molecule has 0 aliphatic carbocycles. The van der Waals surface area contributed by atoms with Crippen molar-refractivity contribution >= 4 is 23.1 Å². The van der Waals surface area contributed by atoms with Crippen molar-refractivity contribution in [3.8, 4) is 0 Å². The van der Waals surface area contributed by atoms with E-state index in [1.54, 1.807) is 6.21 Å². The fourth-order valence-corrected chi connectivity index (χ4v) is 4.47. The Morgan fingerprint density at radius 2 is 1.87 bits per heavy atom. The van der Waals surface area contributed by atoms with E-state index in [1.807, 2.05) is 13.0 Å². The van der Waals surface area contributed by atoms with Gasteiger partial charge < -0.3 is 9.75 Å². The first-order valence-corrected chi connectivity index (χ1v) is 10.5. The molecular weight excluding hydrogens is 374 g/mol. The van der Waals surface area contributed by atoms with E-state index in [4.69, 9.17) is 4.74 Å². The molecule has 1 aliphatic rings. The van der Waals surface area contributed by atoms with Crippen molar-refractivity contribution in [3.63, 3.8) is 0 Å². The van der Waals surface area contributed by atoms with Crippen LogP contribution in [0.5, 0.6) is 0 Å². The van der Waals surface area contributed by atoms with Crippen molar-refractivity contribution in [1.29, 1.82) is 0 Å². The maximum absolute atomic E-state index is 13.0. The maximum Gasteiger partial charge on any atom is 0.320 e. The molecule has 0 saturated carbocycles. The van der Waals surface area contributed by atoms with E-state index in [-0.39, 0.29) is 11.4 Å². The number of hydrogen-bond acceptors (Lipinski definition) is 4. The number of aromatic nitrogens is 1. The van der Waals surface area contributed by atoms with E-state index in [9.17, 15) is 4.79 Å². The molecule has 0 amide bonds. The topological polar surface area (TPSA) is 46.8 Å². The Labute approximate surface area is 177 Å². The standard InChI is InChI=1S/C25H29N3O2/c1-5-30-24(29)20-15-26-17-25(2,3)22-19-13-9-10-14-21(19)28(23(20)22)27(4)16-18-11-7-6-8-12-18/h6-15,20H,5,16-17H2,1-4H3. The molecule has 4 rings (SSSR count). The summed E-state index contributed by atoms with van der Waals surface area (Å²) in [6, 6.07) is 18.8. The Hall–Kier alpha value is -3.08. The molecule has 0 saturated heterocycles. The van der Waals surface area contributed by atoms with Gasteiger partial charge in [0.05, 0.1) is 24.4 Å². The van der Waals surface area contributed by atoms with Crippen LogP contribution in [0.25, 0.3) is 10.9 Å². The van der Waals surface area contributed by atoms with Gasteiger partial charge in [0.25, 0.3) is 0 Å². The van der Waals surface area contributed by atoms with Crippen LogP contribution in [-0.2, 0) is 21.5 Å². The van der Waals surface area contributed by atoms with Crippen molar-refractivity contribution in [2.45, 2.75) is 38.6 Å². The number of aliphatic imine (C=N–C) groups is 1. The van der Waals surface area contributed by atoms with Gasteiger partial charge in [-0.3, -0.25) is 14.5 Å². The highest BCUT2D eigenvalue weighted by Gasteiger charge is 2.38. The molecular formula is C25H29N3O2. The lowest BCUT2D eigenvalue weighted by Gasteiger charge is -2.28. The first-order valence-electron chi connectivity index (χ1n) is 10.5. The van der Waals surface area contributed by atoms with Crippen molar-refractivity contribution in [3.05, 3.63) is 71.4 Å². The Bertz CT molecular complexity index is 1080. The molecule has 0 spiro atoms. The second-order valence-electron chi connectivity index (χ2n) is 8.49. The molecule has 1 aliphatic heterocycles. The van der Waals surface area contributed by atoms with Gasteiger partial charge in [-0.15, -0.1) is 0 Å². The van der Waals surface area contributed by atoms with Gasteiger partial charge in [0, 0.05) is 30.6 Å². The lowest BCUT2D eigenvalue weighted by molar-refractivity contribution is -0.143. The Morgan fingerprint density at radius 1 is 1.17 bits per heavy atom. The summed E-state index contributed by atoms with van der Waals surface area (Å²) in [4.78, 5) is 17.6. The van der Waals surface area contributed by atoms with Crippen LogP contribution in [0.4, 0.5) is 0 Å². The number of para-hydroxylation sites is 1. The number of benzene rings is 2. The van der Waals surface area contributed by atoms with Crippen molar-refractivity contribution in [2.75, 3.05) is 25.2 Å². The van der Waals surface area contributed by atoms with Crippen LogP contribution in [-0.4, -0.2) is 37.1 Å². The molecule has 0 N–H and O–H groups in total. The van der Waals surface area contributed by atoms with Crippen LogP contribution in [0, 0.1) is 0 Å². The number of hydrogen-bond donors (Lipinski definition) is 0. The van der Waals surface area contributed by atoms with E-state index in [2.05, 4.69) is 84.1 Å². The van der Waals surface area contributed by atoms with Crippen LogP contribution >= 0.6 is 0 Å². The van der Waals surface area contributed by atoms with Crippen LogP contribution < -0.4 is 5.01 Å². The second-order valence-corrected chi connectivity index (χ2v) is 8.49. The summed E-state index contributed by atoms with van der Waals surface area (Å²) in [7, 11) is 2.07. The predicted octanol–water partition coefficient (Wildman–Crippen LogP) is 4.42. The minimum Gasteiger partial charge on any atom is -0.465 e. The average molecular weight is 404 g/mol. The molecule has 0 fully saturated rings. The van der Waals surface area contributed by atoms with Gasteiger partial charge in [0.1, 0.15) is 5.92 Å². The normalized spacial score (nSPS) is 17.4. The van der Waals surface area contributed by atoms with Crippen LogP contribution in [0.3, 0.4) is 0 Å². The van der Waals surface area contributed by atoms with Gasteiger partial charge in [-0.2, -0.15) is 0 Å². The van der Waals surface area contributed by atoms with Crippen LogP contribution in [0.15, 0.2) is 59.6 Å². The van der Waals surface area contributed by atoms with Gasteiger partial charge in [0.2, 0.25) is 0 Å². The second kappa shape index (κ2) is 7.98. The molecule has 156 valence electrons. The van der Waals surface area contributed by atoms with Crippen molar-refractivity contribution in [1.82, 2.24) is 4.68 Å². The van der Waals surface area contributed by atoms with Gasteiger partial charge >= 0.3 is 5.97 Å². The molecule has 1 atom stereocenters. The monoisotopic (exact) mass is 403 g/mol. The fraction of sp³-hybridized carbons (Fsp3) is 0.360. The highest BCUT2D eigenvalue weighted by atomic mass is 16.5. The minimum absolute atomic E-state index is 0.203. The van der Waals surface area contributed by atoms with E-state index in [0.29, 0.717) is 13.2 Å². The molecule has 30 heavy (non-hydrogen) atoms. The van der Waals surface area contributed by atoms with Gasteiger partial charge in [-0.1, -0.05) is 62.4 Å². The largest absolute Gasteiger partial charge is 0.465 e. The molecule has 3 aromatic rings. The number of nitrogens with zero attached hydrogens (tertiary/aromatic N) is 3. The van der Waals surface area contributed by atoms with Crippen LogP contribution in [0.2, 0.25) is 0 Å². The first kappa shape index (κ1) is 20.2. The molecule has 2 heterocycles. The number of esters is 1. The summed E-state index contributed by atoms with van der Waals surface area (Å²) in [6.45, 7) is 7.94. The van der Waals surface area contributed by atoms with Gasteiger partial charge in [0.15, 0.2) is 0 Å². The maximum atomic E-state index is 13.0. The zero-order chi connectivity index (χ0) is 21.3. The molecule has 1 unspecified atom stereocenters. The molecule has 5 nitrogen and oxygen atoms in total. The van der Waals surface area contributed by atoms with Gasteiger partial charge in [-0.25, -0.2) is 0 Å². The third-order valence-corrected chi connectivity index (χ3v) is 5.73. The molecule has 2 aromatic carbocycles. The lowest BCUT2D eigenvalue weighted by atomic mass is 9.81. The summed E-state index contributed by atoms with van der Waals surface area (Å²) in [6.07, 6.45) is 1.78. The molecule has 0 bridgehead atoms. The number of fused-ring (bicyclic) bond motifs is 3. The smallest absolute Gasteiger partial charge is 0.320 e. The van der Waals surface area contributed by atoms with E-state index >= 15 is 0 Å². The van der Waals surface area contributed by atoms with E-state index < -0.39 is 5.92 Å². The predicted molar refractivity (Wildman–Crippen MR) is 122 cm³/mol. The van der Waals surface area contributed by atoms with E-state index in [0.717, 1.165) is 23.1 Å². The summed E-state index contributed by atoms with van der Waals surface area (Å²) in [5, 5.41) is 3.34. The van der Waals surface area contributed by atoms with E-state index in [1.165, 1.54) is 11.1 Å².